The number of rotatable bonds is 1. The number of fused-ring (bicyclic) bond motifs is 1. The fraction of sp³-hybridized carbons (Fsp3) is 0.200. The first kappa shape index (κ1) is 11.7. The van der Waals surface area contributed by atoms with Crippen molar-refractivity contribution in [3.63, 3.8) is 0 Å². The first-order valence-electron chi connectivity index (χ1n) is 4.59. The Bertz CT molecular complexity index is 674. The molecule has 1 aromatic carbocycles. The van der Waals surface area contributed by atoms with Crippen LogP contribution in [0.3, 0.4) is 0 Å². The molecule has 0 bridgehead atoms. The van der Waals surface area contributed by atoms with Crippen LogP contribution in [-0.4, -0.2) is 18.6 Å². The zero-order chi connectivity index (χ0) is 12.1. The van der Waals surface area contributed by atoms with Gasteiger partial charge in [-0.2, -0.15) is 0 Å². The fourth-order valence-electron chi connectivity index (χ4n) is 1.80. The van der Waals surface area contributed by atoms with Gasteiger partial charge >= 0.3 is 0 Å². The maximum Gasteiger partial charge on any atom is 0.236 e. The van der Waals surface area contributed by atoms with Gasteiger partial charge in [-0.3, -0.25) is 0 Å². The van der Waals surface area contributed by atoms with Crippen LogP contribution in [0.5, 0.6) is 0 Å². The zero-order valence-electron chi connectivity index (χ0n) is 8.86. The summed E-state index contributed by atoms with van der Waals surface area (Å²) < 4.78 is 25.7. The van der Waals surface area contributed by atoms with E-state index >= 15 is 0 Å². The summed E-state index contributed by atoms with van der Waals surface area (Å²) in [5, 5.41) is 0.878. The van der Waals surface area contributed by atoms with Crippen molar-refractivity contribution in [3.05, 3.63) is 27.5 Å². The van der Waals surface area contributed by atoms with Crippen LogP contribution < -0.4 is 5.73 Å². The van der Waals surface area contributed by atoms with Gasteiger partial charge in [-0.1, -0.05) is 0 Å². The molecule has 0 atom stereocenters. The number of nitrogen functional groups attached to an aromatic ring is 1. The predicted octanol–water partition coefficient (Wildman–Crippen LogP) is 1.94. The van der Waals surface area contributed by atoms with Gasteiger partial charge in [-0.05, 0) is 47.7 Å². The van der Waals surface area contributed by atoms with Crippen molar-refractivity contribution in [1.82, 2.24) is 3.97 Å². The molecule has 2 N–H and O–H groups in total. The number of anilines is 1. The van der Waals surface area contributed by atoms with Crippen LogP contribution >= 0.6 is 22.6 Å². The van der Waals surface area contributed by atoms with Crippen LogP contribution in [0, 0.1) is 10.5 Å². The van der Waals surface area contributed by atoms with Crippen molar-refractivity contribution in [1.29, 1.82) is 0 Å². The number of aromatic nitrogens is 1. The SMILES string of the molecule is Cc1c(I)c2cc(N)ccc2n1S(C)(=O)=O. The summed E-state index contributed by atoms with van der Waals surface area (Å²) in [6, 6.07) is 5.24. The van der Waals surface area contributed by atoms with Crippen molar-refractivity contribution in [3.8, 4) is 0 Å². The first-order chi connectivity index (χ1) is 7.32. The molecule has 0 aliphatic rings. The van der Waals surface area contributed by atoms with Crippen LogP contribution in [0.4, 0.5) is 5.69 Å². The Morgan fingerprint density at radius 3 is 2.56 bits per heavy atom. The largest absolute Gasteiger partial charge is 0.399 e. The van der Waals surface area contributed by atoms with E-state index < -0.39 is 10.0 Å². The molecule has 1 heterocycles. The zero-order valence-corrected chi connectivity index (χ0v) is 11.8. The van der Waals surface area contributed by atoms with Gasteiger partial charge in [0, 0.05) is 20.3 Å². The third-order valence-corrected chi connectivity index (χ3v) is 4.93. The van der Waals surface area contributed by atoms with Crippen molar-refractivity contribution in [2.24, 2.45) is 0 Å². The van der Waals surface area contributed by atoms with E-state index in [9.17, 15) is 8.42 Å². The quantitative estimate of drug-likeness (QED) is 0.632. The topological polar surface area (TPSA) is 65.1 Å². The van der Waals surface area contributed by atoms with E-state index in [2.05, 4.69) is 22.6 Å². The molecule has 0 aliphatic heterocycles. The molecule has 16 heavy (non-hydrogen) atoms. The molecule has 4 nitrogen and oxygen atoms in total. The highest BCUT2D eigenvalue weighted by molar-refractivity contribution is 14.1. The molecule has 0 saturated carbocycles. The monoisotopic (exact) mass is 350 g/mol. The summed E-state index contributed by atoms with van der Waals surface area (Å²) in [7, 11) is -3.28. The second-order valence-electron chi connectivity index (χ2n) is 3.70. The third kappa shape index (κ3) is 1.69. The maximum atomic E-state index is 11.7. The number of nitrogens with two attached hydrogens (primary N) is 1. The fourth-order valence-corrected chi connectivity index (χ4v) is 3.74. The lowest BCUT2D eigenvalue weighted by molar-refractivity contribution is 0.594. The molecule has 0 saturated heterocycles. The Labute approximate surface area is 108 Å². The Kier molecular flexibility index (Phi) is 2.66. The molecule has 0 fully saturated rings. The summed E-state index contributed by atoms with van der Waals surface area (Å²) in [5.41, 5.74) is 7.74. The van der Waals surface area contributed by atoms with Gasteiger partial charge in [0.1, 0.15) is 0 Å². The average Bonchev–Trinajstić information content (AvgIpc) is 2.40. The molecule has 1 aromatic heterocycles. The van der Waals surface area contributed by atoms with Gasteiger partial charge in [-0.25, -0.2) is 12.4 Å². The van der Waals surface area contributed by atoms with E-state index in [1.807, 2.05) is 0 Å². The Balaban J connectivity index is 3.02. The smallest absolute Gasteiger partial charge is 0.236 e. The number of nitrogens with zero attached hydrogens (tertiary/aromatic N) is 1. The van der Waals surface area contributed by atoms with Crippen LogP contribution in [0.2, 0.25) is 0 Å². The lowest BCUT2D eigenvalue weighted by Gasteiger charge is -2.04. The predicted molar refractivity (Wildman–Crippen MR) is 74.0 cm³/mol. The summed E-state index contributed by atoms with van der Waals surface area (Å²) in [6.07, 6.45) is 1.20. The van der Waals surface area contributed by atoms with Crippen LogP contribution in [0.1, 0.15) is 5.69 Å². The molecule has 86 valence electrons. The summed E-state index contributed by atoms with van der Waals surface area (Å²) in [5.74, 6) is 0. The Hall–Kier alpha value is -0.760. The maximum absolute atomic E-state index is 11.7. The molecule has 0 aliphatic carbocycles. The standard InChI is InChI=1S/C10H11IN2O2S/c1-6-10(11)8-5-7(12)3-4-9(8)13(6)16(2,14)15/h3-5H,12H2,1-2H3. The minimum atomic E-state index is -3.28. The van der Waals surface area contributed by atoms with E-state index in [1.165, 1.54) is 10.2 Å². The minimum Gasteiger partial charge on any atom is -0.399 e. The van der Waals surface area contributed by atoms with Gasteiger partial charge in [0.05, 0.1) is 11.8 Å². The number of hydrogen-bond acceptors (Lipinski definition) is 3. The van der Waals surface area contributed by atoms with Gasteiger partial charge in [0.25, 0.3) is 0 Å². The van der Waals surface area contributed by atoms with Gasteiger partial charge in [-0.15, -0.1) is 0 Å². The van der Waals surface area contributed by atoms with Crippen LogP contribution in [0.25, 0.3) is 10.9 Å². The van der Waals surface area contributed by atoms with E-state index in [1.54, 1.807) is 25.1 Å². The molecular formula is C10H11IN2O2S. The van der Waals surface area contributed by atoms with Gasteiger partial charge in [0.2, 0.25) is 10.0 Å². The molecule has 0 radical (unpaired) electrons. The normalized spacial score (nSPS) is 12.2. The lowest BCUT2D eigenvalue weighted by atomic mass is 10.2. The highest BCUT2D eigenvalue weighted by Crippen LogP contribution is 2.29. The van der Waals surface area contributed by atoms with E-state index in [0.717, 1.165) is 14.7 Å². The number of benzene rings is 1. The highest BCUT2D eigenvalue weighted by atomic mass is 127. The molecule has 2 rings (SSSR count). The highest BCUT2D eigenvalue weighted by Gasteiger charge is 2.18. The number of hydrogen-bond donors (Lipinski definition) is 1. The molecule has 0 amide bonds. The lowest BCUT2D eigenvalue weighted by Crippen LogP contribution is -2.11. The Morgan fingerprint density at radius 1 is 1.38 bits per heavy atom. The number of halogens is 1. The van der Waals surface area contributed by atoms with E-state index in [0.29, 0.717) is 11.2 Å². The van der Waals surface area contributed by atoms with Crippen molar-refractivity contribution >= 4 is 49.2 Å². The van der Waals surface area contributed by atoms with Gasteiger partial charge in [0.15, 0.2) is 0 Å². The second-order valence-corrected chi connectivity index (χ2v) is 6.61. The van der Waals surface area contributed by atoms with Crippen LogP contribution in [-0.2, 0) is 10.0 Å². The minimum absolute atomic E-state index is 0.635. The molecule has 0 unspecified atom stereocenters. The first-order valence-corrected chi connectivity index (χ1v) is 7.51. The molecule has 0 spiro atoms. The Morgan fingerprint density at radius 2 is 2.00 bits per heavy atom. The van der Waals surface area contributed by atoms with Gasteiger partial charge < -0.3 is 5.73 Å². The van der Waals surface area contributed by atoms with E-state index in [4.69, 9.17) is 5.73 Å². The second kappa shape index (κ2) is 3.63. The molecular weight excluding hydrogens is 339 g/mol. The molecule has 2 aromatic rings. The third-order valence-electron chi connectivity index (χ3n) is 2.43. The van der Waals surface area contributed by atoms with Crippen molar-refractivity contribution in [2.75, 3.05) is 12.0 Å². The van der Waals surface area contributed by atoms with E-state index in [-0.39, 0.29) is 0 Å². The average molecular weight is 350 g/mol. The van der Waals surface area contributed by atoms with Crippen molar-refractivity contribution in [2.45, 2.75) is 6.92 Å². The summed E-state index contributed by atoms with van der Waals surface area (Å²) >= 11 is 2.14. The van der Waals surface area contributed by atoms with Crippen LogP contribution in [0.15, 0.2) is 18.2 Å². The molecule has 6 heteroatoms. The summed E-state index contributed by atoms with van der Waals surface area (Å²) in [6.45, 7) is 1.79. The van der Waals surface area contributed by atoms with Crippen molar-refractivity contribution < 1.29 is 8.42 Å². The summed E-state index contributed by atoms with van der Waals surface area (Å²) in [4.78, 5) is 0.